The molecule has 0 unspecified atom stereocenters. The molecule has 6 nitrogen and oxygen atoms in total. The van der Waals surface area contributed by atoms with Crippen LogP contribution in [0, 0.1) is 11.8 Å². The highest BCUT2D eigenvalue weighted by atomic mass is 16.5. The predicted molar refractivity (Wildman–Crippen MR) is 144 cm³/mol. The van der Waals surface area contributed by atoms with Gasteiger partial charge in [-0.15, -0.1) is 0 Å². The van der Waals surface area contributed by atoms with E-state index in [1.807, 2.05) is 36.4 Å². The average molecular weight is 516 g/mol. The molecule has 5 heterocycles. The molecule has 0 spiro atoms. The molecule has 4 fully saturated rings. The first-order valence-corrected chi connectivity index (χ1v) is 14.6. The van der Waals surface area contributed by atoms with E-state index in [4.69, 9.17) is 14.0 Å². The van der Waals surface area contributed by atoms with Crippen molar-refractivity contribution in [2.24, 2.45) is 11.8 Å². The van der Waals surface area contributed by atoms with E-state index in [2.05, 4.69) is 23.4 Å². The first-order chi connectivity index (χ1) is 18.6. The van der Waals surface area contributed by atoms with Crippen LogP contribution >= 0.6 is 0 Å². The van der Waals surface area contributed by atoms with E-state index in [9.17, 15) is 5.11 Å². The monoisotopic (exact) mass is 515 g/mol. The Morgan fingerprint density at radius 1 is 0.974 bits per heavy atom. The van der Waals surface area contributed by atoms with E-state index < -0.39 is 5.60 Å². The van der Waals surface area contributed by atoms with Gasteiger partial charge < -0.3 is 23.6 Å². The second-order valence-corrected chi connectivity index (χ2v) is 12.1. The summed E-state index contributed by atoms with van der Waals surface area (Å²) in [5.74, 6) is 3.61. The first kappa shape index (κ1) is 24.2. The Labute approximate surface area is 225 Å². The van der Waals surface area contributed by atoms with Crippen LogP contribution < -0.4 is 9.47 Å². The number of nitrogens with zero attached hydrogens (tertiary/aromatic N) is 2. The number of hydrogen-bond acceptors (Lipinski definition) is 5. The van der Waals surface area contributed by atoms with Crippen molar-refractivity contribution in [2.75, 3.05) is 26.2 Å². The molecule has 5 aliphatic rings. The molecule has 38 heavy (non-hydrogen) atoms. The average Bonchev–Trinajstić information content (AvgIpc) is 3.64. The summed E-state index contributed by atoms with van der Waals surface area (Å²) in [5.41, 5.74) is 1.74. The zero-order valence-corrected chi connectivity index (χ0v) is 22.2. The van der Waals surface area contributed by atoms with E-state index in [0.717, 1.165) is 92.2 Å². The number of ether oxygens (including phenoxy) is 2. The van der Waals surface area contributed by atoms with Crippen molar-refractivity contribution in [1.29, 1.82) is 0 Å². The van der Waals surface area contributed by atoms with E-state index >= 15 is 0 Å². The number of aromatic nitrogens is 1. The van der Waals surface area contributed by atoms with E-state index in [-0.39, 0.29) is 12.0 Å². The van der Waals surface area contributed by atoms with Crippen LogP contribution in [0.1, 0.15) is 67.5 Å². The Kier molecular flexibility index (Phi) is 6.20. The van der Waals surface area contributed by atoms with Crippen molar-refractivity contribution in [1.82, 2.24) is 5.16 Å². The third kappa shape index (κ3) is 4.32. The van der Waals surface area contributed by atoms with Gasteiger partial charge >= 0.3 is 0 Å². The molecule has 1 aliphatic carbocycles. The normalized spacial score (nSPS) is 28.4. The molecule has 6 heteroatoms. The summed E-state index contributed by atoms with van der Waals surface area (Å²) in [6.45, 7) is 4.84. The van der Waals surface area contributed by atoms with Crippen LogP contribution in [-0.2, 0) is 18.6 Å². The molecule has 1 saturated carbocycles. The second kappa shape index (κ2) is 9.73. The van der Waals surface area contributed by atoms with Crippen molar-refractivity contribution in [3.63, 3.8) is 0 Å². The third-order valence-electron chi connectivity index (χ3n) is 9.84. The van der Waals surface area contributed by atoms with Crippen molar-refractivity contribution in [3.8, 4) is 11.5 Å². The number of benzene rings is 2. The van der Waals surface area contributed by atoms with Crippen molar-refractivity contribution in [2.45, 2.75) is 69.6 Å². The van der Waals surface area contributed by atoms with Gasteiger partial charge in [0.05, 0.1) is 19.7 Å². The Morgan fingerprint density at radius 2 is 1.79 bits per heavy atom. The molecular weight excluding hydrogens is 476 g/mol. The minimum Gasteiger partial charge on any atom is -0.493 e. The lowest BCUT2D eigenvalue weighted by atomic mass is 9.71. The Morgan fingerprint density at radius 3 is 2.61 bits per heavy atom. The molecule has 2 atom stereocenters. The number of fused-ring (bicyclic) bond motifs is 4. The number of rotatable bonds is 7. The van der Waals surface area contributed by atoms with Crippen molar-refractivity contribution < 1.29 is 23.6 Å². The summed E-state index contributed by atoms with van der Waals surface area (Å²) in [6.07, 6.45) is 9.12. The number of piperidine rings is 3. The predicted octanol–water partition coefficient (Wildman–Crippen LogP) is 5.61. The molecule has 200 valence electrons. The fourth-order valence-electron chi connectivity index (χ4n) is 7.69. The number of hydrogen-bond donors (Lipinski definition) is 1. The van der Waals surface area contributed by atoms with Gasteiger partial charge in [0.2, 0.25) is 0 Å². The van der Waals surface area contributed by atoms with Crippen LogP contribution in [0.3, 0.4) is 0 Å². The molecule has 4 aliphatic heterocycles. The first-order valence-electron chi connectivity index (χ1n) is 14.6. The minimum absolute atomic E-state index is 0.157. The van der Waals surface area contributed by atoms with Crippen LogP contribution in [0.25, 0.3) is 0 Å². The summed E-state index contributed by atoms with van der Waals surface area (Å²) in [4.78, 5) is 0. The largest absolute Gasteiger partial charge is 0.493 e. The van der Waals surface area contributed by atoms with Gasteiger partial charge in [-0.2, -0.15) is 0 Å². The maximum absolute atomic E-state index is 12.2. The minimum atomic E-state index is -1.11. The standard InChI is InChI=1S/C32H39N2O4/c35-32(25-7-3-1-4-8-25,26-9-5-2-6-10-26)31-20-28(38-33-31)21-34-16-13-23(14-17-34)30(22-34)37-27-11-12-29-24(19-27)15-18-36-29/h1,3-4,7-8,11-12,19-20,23,26,30,35H,2,5-6,9-10,13-18,21-22H2/q+1/t23?,30-,32-,34?/m0/s1. The highest BCUT2D eigenvalue weighted by Crippen LogP contribution is 2.44. The summed E-state index contributed by atoms with van der Waals surface area (Å²) >= 11 is 0. The summed E-state index contributed by atoms with van der Waals surface area (Å²) in [7, 11) is 0. The van der Waals surface area contributed by atoms with Crippen LogP contribution in [0.5, 0.6) is 11.5 Å². The number of quaternary nitrogens is 1. The maximum atomic E-state index is 12.2. The smallest absolute Gasteiger partial charge is 0.191 e. The summed E-state index contributed by atoms with van der Waals surface area (Å²) in [5, 5.41) is 16.8. The Hall–Kier alpha value is -2.83. The number of aliphatic hydroxyl groups is 1. The fraction of sp³-hybridized carbons (Fsp3) is 0.531. The zero-order valence-electron chi connectivity index (χ0n) is 22.2. The fourth-order valence-corrected chi connectivity index (χ4v) is 7.69. The zero-order chi connectivity index (χ0) is 25.6. The molecule has 1 N–H and O–H groups in total. The van der Waals surface area contributed by atoms with Crippen LogP contribution in [0.4, 0.5) is 0 Å². The summed E-state index contributed by atoms with van der Waals surface area (Å²) < 4.78 is 19.3. The van der Waals surface area contributed by atoms with Crippen LogP contribution in [0.15, 0.2) is 59.1 Å². The van der Waals surface area contributed by atoms with Crippen molar-refractivity contribution >= 4 is 0 Å². The molecule has 1 aromatic heterocycles. The SMILES string of the molecule is O[C@](c1ccccc1)(c1cc(C[N+]23CCC(CC2)[C@@H](Oc2ccc4c(c2)CCO4)C3)on1)C1CCCCC1. The molecule has 2 bridgehead atoms. The molecule has 0 radical (unpaired) electrons. The Balaban J connectivity index is 1.11. The molecule has 2 aromatic carbocycles. The molecule has 0 amide bonds. The van der Waals surface area contributed by atoms with Crippen LogP contribution in [0.2, 0.25) is 0 Å². The Bertz CT molecular complexity index is 1260. The lowest BCUT2D eigenvalue weighted by Gasteiger charge is -2.51. The van der Waals surface area contributed by atoms with Gasteiger partial charge in [0.1, 0.15) is 35.9 Å². The van der Waals surface area contributed by atoms with Gasteiger partial charge in [-0.25, -0.2) is 0 Å². The quantitative estimate of drug-likeness (QED) is 0.414. The summed E-state index contributed by atoms with van der Waals surface area (Å²) in [6, 6.07) is 18.4. The lowest BCUT2D eigenvalue weighted by Crippen LogP contribution is -2.64. The van der Waals surface area contributed by atoms with Gasteiger partial charge in [-0.1, -0.05) is 54.8 Å². The molecular formula is C32H39N2O4+. The van der Waals surface area contributed by atoms with E-state index in [0.29, 0.717) is 11.6 Å². The van der Waals surface area contributed by atoms with Gasteiger partial charge in [-0.05, 0) is 42.5 Å². The highest BCUT2D eigenvalue weighted by Gasteiger charge is 2.48. The van der Waals surface area contributed by atoms with Gasteiger partial charge in [-0.3, -0.25) is 0 Å². The van der Waals surface area contributed by atoms with Gasteiger partial charge in [0, 0.05) is 36.8 Å². The topological polar surface area (TPSA) is 64.7 Å². The van der Waals surface area contributed by atoms with Gasteiger partial charge in [0.25, 0.3) is 0 Å². The second-order valence-electron chi connectivity index (χ2n) is 12.1. The maximum Gasteiger partial charge on any atom is 0.191 e. The molecule has 3 saturated heterocycles. The lowest BCUT2D eigenvalue weighted by molar-refractivity contribution is -0.959. The highest BCUT2D eigenvalue weighted by molar-refractivity contribution is 5.42. The van der Waals surface area contributed by atoms with Crippen molar-refractivity contribution in [3.05, 3.63) is 77.2 Å². The van der Waals surface area contributed by atoms with E-state index in [1.165, 1.54) is 24.8 Å². The molecule has 3 aromatic rings. The van der Waals surface area contributed by atoms with E-state index in [1.54, 1.807) is 0 Å². The molecule has 8 rings (SSSR count). The van der Waals surface area contributed by atoms with Gasteiger partial charge in [0.15, 0.2) is 11.9 Å². The van der Waals surface area contributed by atoms with Crippen LogP contribution in [-0.4, -0.2) is 47.1 Å². The third-order valence-corrected chi connectivity index (χ3v) is 9.84.